The highest BCUT2D eigenvalue weighted by atomic mass is 32.2. The molecule has 0 aliphatic heterocycles. The molecule has 5 nitrogen and oxygen atoms in total. The Balaban J connectivity index is 3.50. The first-order chi connectivity index (χ1) is 9.35. The van der Waals surface area contributed by atoms with Gasteiger partial charge in [0.05, 0.1) is 6.54 Å². The minimum Gasteiger partial charge on any atom is -0.298 e. The lowest BCUT2D eigenvalue weighted by Crippen LogP contribution is -2.30. The summed E-state index contributed by atoms with van der Waals surface area (Å²) < 4.78 is 29.9. The zero-order valence-electron chi connectivity index (χ0n) is 12.8. The lowest BCUT2D eigenvalue weighted by Gasteiger charge is -2.13. The van der Waals surface area contributed by atoms with E-state index in [0.717, 1.165) is 19.3 Å². The minimum absolute atomic E-state index is 0.0298. The van der Waals surface area contributed by atoms with Crippen molar-refractivity contribution in [2.24, 2.45) is 0 Å². The van der Waals surface area contributed by atoms with Crippen LogP contribution in [0, 0.1) is 0 Å². The van der Waals surface area contributed by atoms with Gasteiger partial charge in [-0.05, 0) is 13.5 Å². The average Bonchev–Trinajstić information content (AvgIpc) is 2.30. The molecule has 0 aliphatic carbocycles. The number of carbonyl (C=O) groups is 1. The number of hydrogen-bond donors (Lipinski definition) is 1. The molecule has 120 valence electrons. The smallest absolute Gasteiger partial charge is 0.278 e. The van der Waals surface area contributed by atoms with Gasteiger partial charge in [-0.1, -0.05) is 51.9 Å². The molecule has 0 atom stereocenters. The van der Waals surface area contributed by atoms with E-state index < -0.39 is 16.0 Å². The molecule has 0 amide bonds. The third-order valence-electron chi connectivity index (χ3n) is 3.14. The standard InChI is InChI=1S/C14H29NO4S/c1-3-4-5-6-7-8-9-10-11-14(16)12-15(2)13-20(17,18)19/h3-13H2,1-2H3,(H,17,18,19). The molecule has 0 saturated carbocycles. The summed E-state index contributed by atoms with van der Waals surface area (Å²) in [5, 5.41) is 0. The molecule has 0 saturated heterocycles. The van der Waals surface area contributed by atoms with Crippen molar-refractivity contribution in [2.75, 3.05) is 19.5 Å². The Morgan fingerprint density at radius 3 is 2.00 bits per heavy atom. The summed E-state index contributed by atoms with van der Waals surface area (Å²) in [6, 6.07) is 0. The second-order valence-corrected chi connectivity index (χ2v) is 6.91. The highest BCUT2D eigenvalue weighted by molar-refractivity contribution is 7.85. The van der Waals surface area contributed by atoms with Crippen LogP contribution in [0.3, 0.4) is 0 Å². The third-order valence-corrected chi connectivity index (χ3v) is 3.91. The van der Waals surface area contributed by atoms with Crippen molar-refractivity contribution in [3.8, 4) is 0 Å². The van der Waals surface area contributed by atoms with E-state index in [4.69, 9.17) is 4.55 Å². The molecule has 0 spiro atoms. The van der Waals surface area contributed by atoms with Crippen molar-refractivity contribution in [3.63, 3.8) is 0 Å². The maximum atomic E-state index is 11.6. The van der Waals surface area contributed by atoms with Crippen molar-refractivity contribution in [3.05, 3.63) is 0 Å². The minimum atomic E-state index is -4.04. The molecule has 0 aromatic rings. The fraction of sp³-hybridized carbons (Fsp3) is 0.929. The Morgan fingerprint density at radius 1 is 1.00 bits per heavy atom. The largest absolute Gasteiger partial charge is 0.298 e. The van der Waals surface area contributed by atoms with Gasteiger partial charge in [0, 0.05) is 6.42 Å². The molecule has 0 aromatic carbocycles. The van der Waals surface area contributed by atoms with Crippen LogP contribution in [0.5, 0.6) is 0 Å². The number of rotatable bonds is 13. The average molecular weight is 307 g/mol. The Labute approximate surface area is 123 Å². The van der Waals surface area contributed by atoms with Gasteiger partial charge in [-0.15, -0.1) is 0 Å². The summed E-state index contributed by atoms with van der Waals surface area (Å²) in [6.45, 7) is 2.28. The first-order valence-corrected chi connectivity index (χ1v) is 9.11. The van der Waals surface area contributed by atoms with Gasteiger partial charge < -0.3 is 0 Å². The molecule has 0 bridgehead atoms. The predicted octanol–water partition coefficient (Wildman–Crippen LogP) is 2.86. The quantitative estimate of drug-likeness (QED) is 0.418. The van der Waals surface area contributed by atoms with Crippen LogP contribution in [-0.2, 0) is 14.9 Å². The van der Waals surface area contributed by atoms with Crippen molar-refractivity contribution >= 4 is 15.9 Å². The fourth-order valence-corrected chi connectivity index (χ4v) is 2.81. The molecular weight excluding hydrogens is 278 g/mol. The molecule has 0 unspecified atom stereocenters. The van der Waals surface area contributed by atoms with E-state index in [1.807, 2.05) is 0 Å². The van der Waals surface area contributed by atoms with Gasteiger partial charge in [-0.25, -0.2) is 0 Å². The van der Waals surface area contributed by atoms with Crippen LogP contribution >= 0.6 is 0 Å². The Kier molecular flexibility index (Phi) is 11.0. The van der Waals surface area contributed by atoms with Crippen LogP contribution in [-0.4, -0.2) is 43.1 Å². The van der Waals surface area contributed by atoms with E-state index in [2.05, 4.69) is 6.92 Å². The van der Waals surface area contributed by atoms with Crippen LogP contribution in [0.1, 0.15) is 64.7 Å². The normalized spacial score (nSPS) is 12.0. The number of nitrogens with zero attached hydrogens (tertiary/aromatic N) is 1. The van der Waals surface area contributed by atoms with Crippen molar-refractivity contribution in [1.29, 1.82) is 0 Å². The maximum absolute atomic E-state index is 11.6. The fourth-order valence-electron chi connectivity index (χ4n) is 2.16. The molecule has 6 heteroatoms. The van der Waals surface area contributed by atoms with E-state index in [-0.39, 0.29) is 12.3 Å². The SMILES string of the molecule is CCCCCCCCCCC(=O)CN(C)CS(=O)(=O)O. The number of hydrogen-bond acceptors (Lipinski definition) is 4. The number of unbranched alkanes of at least 4 members (excludes halogenated alkanes) is 7. The highest BCUT2D eigenvalue weighted by Gasteiger charge is 2.12. The first kappa shape index (κ1) is 19.5. The van der Waals surface area contributed by atoms with Gasteiger partial charge in [-0.2, -0.15) is 8.42 Å². The van der Waals surface area contributed by atoms with Crippen LogP contribution in [0.15, 0.2) is 0 Å². The van der Waals surface area contributed by atoms with Gasteiger partial charge in [0.2, 0.25) is 0 Å². The summed E-state index contributed by atoms with van der Waals surface area (Å²) in [5.41, 5.74) is 0. The van der Waals surface area contributed by atoms with Gasteiger partial charge in [-0.3, -0.25) is 14.2 Å². The molecular formula is C14H29NO4S. The van der Waals surface area contributed by atoms with Crippen LogP contribution in [0.4, 0.5) is 0 Å². The Hall–Kier alpha value is -0.460. The van der Waals surface area contributed by atoms with Gasteiger partial charge in [0.1, 0.15) is 11.7 Å². The molecule has 0 heterocycles. The van der Waals surface area contributed by atoms with Crippen LogP contribution < -0.4 is 0 Å². The van der Waals surface area contributed by atoms with Crippen molar-refractivity contribution in [2.45, 2.75) is 64.7 Å². The van der Waals surface area contributed by atoms with Gasteiger partial charge in [0.15, 0.2) is 0 Å². The second-order valence-electron chi connectivity index (χ2n) is 5.49. The monoisotopic (exact) mass is 307 g/mol. The molecule has 1 N–H and O–H groups in total. The molecule has 0 fully saturated rings. The summed E-state index contributed by atoms with van der Waals surface area (Å²) in [7, 11) is -2.52. The van der Waals surface area contributed by atoms with Crippen molar-refractivity contribution in [1.82, 2.24) is 4.90 Å². The molecule has 0 aliphatic rings. The predicted molar refractivity (Wildman–Crippen MR) is 81.3 cm³/mol. The topological polar surface area (TPSA) is 74.7 Å². The summed E-state index contributed by atoms with van der Waals surface area (Å²) in [5.74, 6) is -0.460. The summed E-state index contributed by atoms with van der Waals surface area (Å²) in [6.07, 6.45) is 9.95. The van der Waals surface area contributed by atoms with E-state index in [9.17, 15) is 13.2 Å². The number of ketones is 1. The molecule has 0 radical (unpaired) electrons. The lowest BCUT2D eigenvalue weighted by molar-refractivity contribution is -0.119. The zero-order chi connectivity index (χ0) is 15.4. The summed E-state index contributed by atoms with van der Waals surface area (Å²) in [4.78, 5) is 12.9. The van der Waals surface area contributed by atoms with Crippen LogP contribution in [0.25, 0.3) is 0 Å². The zero-order valence-corrected chi connectivity index (χ0v) is 13.6. The van der Waals surface area contributed by atoms with E-state index in [1.165, 1.54) is 44.1 Å². The Bertz CT molecular complexity index is 354. The van der Waals surface area contributed by atoms with E-state index >= 15 is 0 Å². The molecule has 0 aromatic heterocycles. The van der Waals surface area contributed by atoms with Crippen molar-refractivity contribution < 1.29 is 17.8 Å². The second kappa shape index (κ2) is 11.2. The first-order valence-electron chi connectivity index (χ1n) is 7.50. The lowest BCUT2D eigenvalue weighted by atomic mass is 10.1. The third kappa shape index (κ3) is 14.0. The van der Waals surface area contributed by atoms with E-state index in [1.54, 1.807) is 0 Å². The van der Waals surface area contributed by atoms with Gasteiger partial charge >= 0.3 is 0 Å². The van der Waals surface area contributed by atoms with Gasteiger partial charge in [0.25, 0.3) is 10.1 Å². The molecule has 20 heavy (non-hydrogen) atoms. The number of Topliss-reactive ketones (excluding diaryl/α,β-unsaturated/α-hetero) is 1. The highest BCUT2D eigenvalue weighted by Crippen LogP contribution is 2.09. The summed E-state index contributed by atoms with van der Waals surface area (Å²) >= 11 is 0. The molecule has 0 rings (SSSR count). The number of carbonyl (C=O) groups excluding carboxylic acids is 1. The Morgan fingerprint density at radius 2 is 1.50 bits per heavy atom. The maximum Gasteiger partial charge on any atom is 0.278 e. The van der Waals surface area contributed by atoms with Crippen LogP contribution in [0.2, 0.25) is 0 Å². The van der Waals surface area contributed by atoms with E-state index in [0.29, 0.717) is 6.42 Å². The number of likely N-dealkylation sites (N-methyl/N-ethyl adjacent to an activating group) is 1.